The first-order valence-corrected chi connectivity index (χ1v) is 8.08. The van der Waals surface area contributed by atoms with Crippen molar-refractivity contribution in [3.8, 4) is 22.9 Å². The number of hydrogen-bond donors (Lipinski definition) is 2. The summed E-state index contributed by atoms with van der Waals surface area (Å²) in [6, 6.07) is 12.1. The number of anilines is 1. The van der Waals surface area contributed by atoms with E-state index in [1.54, 1.807) is 43.3 Å². The standard InChI is InChI=1S/C19H19N3O4/c1-3-25-19(24)15-11-21-22(18(15)20)13-5-7-14(8-6-13)26-17-9-4-12(2)10-16(17)23/h4-11,23H,3,20H2,1-2H3. The Morgan fingerprint density at radius 2 is 1.96 bits per heavy atom. The lowest BCUT2D eigenvalue weighted by molar-refractivity contribution is 0.0527. The Kier molecular flexibility index (Phi) is 4.79. The number of nitrogens with zero attached hydrogens (tertiary/aromatic N) is 2. The molecule has 3 N–H and O–H groups in total. The number of esters is 1. The Morgan fingerprint density at radius 1 is 1.23 bits per heavy atom. The van der Waals surface area contributed by atoms with Gasteiger partial charge in [-0.1, -0.05) is 6.07 Å². The smallest absolute Gasteiger partial charge is 0.343 e. The number of carbonyl (C=O) groups is 1. The molecule has 3 aromatic rings. The molecule has 0 fully saturated rings. The third-order valence-electron chi connectivity index (χ3n) is 3.73. The van der Waals surface area contributed by atoms with Crippen molar-refractivity contribution in [2.24, 2.45) is 0 Å². The van der Waals surface area contributed by atoms with Gasteiger partial charge in [0, 0.05) is 0 Å². The van der Waals surface area contributed by atoms with Crippen molar-refractivity contribution >= 4 is 11.8 Å². The van der Waals surface area contributed by atoms with Crippen molar-refractivity contribution in [1.29, 1.82) is 0 Å². The van der Waals surface area contributed by atoms with Gasteiger partial charge in [0.15, 0.2) is 11.5 Å². The summed E-state index contributed by atoms with van der Waals surface area (Å²) in [4.78, 5) is 11.8. The van der Waals surface area contributed by atoms with Gasteiger partial charge < -0.3 is 20.3 Å². The molecule has 1 aromatic heterocycles. The number of carbonyl (C=O) groups excluding carboxylic acids is 1. The second kappa shape index (κ2) is 7.18. The molecule has 0 saturated carbocycles. The zero-order valence-corrected chi connectivity index (χ0v) is 14.5. The lowest BCUT2D eigenvalue weighted by Crippen LogP contribution is -2.08. The molecule has 0 saturated heterocycles. The largest absolute Gasteiger partial charge is 0.504 e. The third-order valence-corrected chi connectivity index (χ3v) is 3.73. The van der Waals surface area contributed by atoms with Crippen LogP contribution >= 0.6 is 0 Å². The second-order valence-corrected chi connectivity index (χ2v) is 5.64. The van der Waals surface area contributed by atoms with Gasteiger partial charge >= 0.3 is 5.97 Å². The maximum Gasteiger partial charge on any atom is 0.343 e. The van der Waals surface area contributed by atoms with Gasteiger partial charge in [-0.05, 0) is 55.8 Å². The first kappa shape index (κ1) is 17.3. The van der Waals surface area contributed by atoms with E-state index in [0.717, 1.165) is 5.56 Å². The maximum atomic E-state index is 11.8. The van der Waals surface area contributed by atoms with Gasteiger partial charge in [0.2, 0.25) is 0 Å². The molecule has 0 bridgehead atoms. The molecule has 0 aliphatic carbocycles. The first-order chi connectivity index (χ1) is 12.5. The zero-order valence-electron chi connectivity index (χ0n) is 14.5. The number of aromatic hydroxyl groups is 1. The number of phenols is 1. The van der Waals surface area contributed by atoms with Crippen LogP contribution in [0.1, 0.15) is 22.8 Å². The fourth-order valence-corrected chi connectivity index (χ4v) is 2.43. The highest BCUT2D eigenvalue weighted by Gasteiger charge is 2.17. The summed E-state index contributed by atoms with van der Waals surface area (Å²) in [5.74, 6) is 0.680. The van der Waals surface area contributed by atoms with Crippen molar-refractivity contribution in [3.05, 3.63) is 59.8 Å². The van der Waals surface area contributed by atoms with Gasteiger partial charge in [0.05, 0.1) is 18.5 Å². The van der Waals surface area contributed by atoms with Crippen LogP contribution < -0.4 is 10.5 Å². The number of aryl methyl sites for hydroxylation is 1. The molecule has 0 aliphatic heterocycles. The van der Waals surface area contributed by atoms with Crippen LogP contribution in [0.4, 0.5) is 5.82 Å². The zero-order chi connectivity index (χ0) is 18.7. The summed E-state index contributed by atoms with van der Waals surface area (Å²) < 4.78 is 12.1. The number of benzene rings is 2. The Labute approximate surface area is 150 Å². The van der Waals surface area contributed by atoms with Gasteiger partial charge in [-0.3, -0.25) is 0 Å². The van der Waals surface area contributed by atoms with E-state index in [0.29, 0.717) is 17.2 Å². The average molecular weight is 353 g/mol. The van der Waals surface area contributed by atoms with Crippen molar-refractivity contribution in [2.45, 2.75) is 13.8 Å². The van der Waals surface area contributed by atoms with E-state index in [4.69, 9.17) is 15.2 Å². The molecule has 3 rings (SSSR count). The summed E-state index contributed by atoms with van der Waals surface area (Å²) in [6.45, 7) is 3.88. The van der Waals surface area contributed by atoms with E-state index in [-0.39, 0.29) is 23.7 Å². The topological polar surface area (TPSA) is 99.6 Å². The van der Waals surface area contributed by atoms with Crippen LogP contribution in [0.3, 0.4) is 0 Å². The van der Waals surface area contributed by atoms with Crippen molar-refractivity contribution in [2.75, 3.05) is 12.3 Å². The summed E-state index contributed by atoms with van der Waals surface area (Å²) in [7, 11) is 0. The van der Waals surface area contributed by atoms with E-state index in [9.17, 15) is 9.90 Å². The monoisotopic (exact) mass is 353 g/mol. The lowest BCUT2D eigenvalue weighted by Gasteiger charge is -2.10. The van der Waals surface area contributed by atoms with E-state index < -0.39 is 5.97 Å². The van der Waals surface area contributed by atoms with E-state index >= 15 is 0 Å². The number of hydrogen-bond acceptors (Lipinski definition) is 6. The normalized spacial score (nSPS) is 10.5. The number of ether oxygens (including phenoxy) is 2. The average Bonchev–Trinajstić information content (AvgIpc) is 3.00. The highest BCUT2D eigenvalue weighted by Crippen LogP contribution is 2.31. The molecular formula is C19H19N3O4. The molecule has 0 atom stereocenters. The second-order valence-electron chi connectivity index (χ2n) is 5.64. The molecule has 1 heterocycles. The maximum absolute atomic E-state index is 11.8. The van der Waals surface area contributed by atoms with Crippen molar-refractivity contribution in [1.82, 2.24) is 9.78 Å². The predicted octanol–water partition coefficient (Wildman–Crippen LogP) is 3.44. The van der Waals surface area contributed by atoms with Crippen LogP contribution in [0.5, 0.6) is 17.2 Å². The number of aromatic nitrogens is 2. The Hall–Kier alpha value is -3.48. The first-order valence-electron chi connectivity index (χ1n) is 8.08. The minimum Gasteiger partial charge on any atom is -0.504 e. The Morgan fingerprint density at radius 3 is 2.62 bits per heavy atom. The van der Waals surface area contributed by atoms with Crippen LogP contribution in [-0.2, 0) is 4.74 Å². The molecular weight excluding hydrogens is 334 g/mol. The molecule has 0 aliphatic rings. The highest BCUT2D eigenvalue weighted by molar-refractivity contribution is 5.94. The van der Waals surface area contributed by atoms with Gasteiger partial charge in [-0.15, -0.1) is 0 Å². The van der Waals surface area contributed by atoms with E-state index in [2.05, 4.69) is 5.10 Å². The SMILES string of the molecule is CCOC(=O)c1cnn(-c2ccc(Oc3ccc(C)cc3O)cc2)c1N. The lowest BCUT2D eigenvalue weighted by atomic mass is 10.2. The number of phenolic OH excluding ortho intramolecular Hbond substituents is 1. The van der Waals surface area contributed by atoms with E-state index in [1.807, 2.05) is 13.0 Å². The molecule has 7 nitrogen and oxygen atoms in total. The summed E-state index contributed by atoms with van der Waals surface area (Å²) in [6.07, 6.45) is 1.38. The summed E-state index contributed by atoms with van der Waals surface area (Å²) in [5.41, 5.74) is 7.82. The summed E-state index contributed by atoms with van der Waals surface area (Å²) in [5, 5.41) is 14.1. The number of nitrogen functional groups attached to an aromatic ring is 1. The van der Waals surface area contributed by atoms with Crippen molar-refractivity contribution < 1.29 is 19.4 Å². The van der Waals surface area contributed by atoms with Crippen LogP contribution in [-0.4, -0.2) is 27.5 Å². The molecule has 134 valence electrons. The fraction of sp³-hybridized carbons (Fsp3) is 0.158. The molecule has 2 aromatic carbocycles. The molecule has 0 unspecified atom stereocenters. The van der Waals surface area contributed by atoms with Gasteiger partial charge in [0.25, 0.3) is 0 Å². The predicted molar refractivity (Wildman–Crippen MR) is 96.9 cm³/mol. The molecule has 0 radical (unpaired) electrons. The van der Waals surface area contributed by atoms with Crippen molar-refractivity contribution in [3.63, 3.8) is 0 Å². The van der Waals surface area contributed by atoms with Crippen LogP contribution in [0.25, 0.3) is 5.69 Å². The van der Waals surface area contributed by atoms with Gasteiger partial charge in [0.1, 0.15) is 17.1 Å². The fourth-order valence-electron chi connectivity index (χ4n) is 2.43. The van der Waals surface area contributed by atoms with Crippen LogP contribution in [0, 0.1) is 6.92 Å². The number of rotatable bonds is 5. The van der Waals surface area contributed by atoms with Crippen LogP contribution in [0.15, 0.2) is 48.7 Å². The molecule has 7 heteroatoms. The minimum absolute atomic E-state index is 0.0736. The van der Waals surface area contributed by atoms with Gasteiger partial charge in [-0.25, -0.2) is 9.48 Å². The molecule has 26 heavy (non-hydrogen) atoms. The third kappa shape index (κ3) is 3.46. The Bertz CT molecular complexity index is 932. The quantitative estimate of drug-likeness (QED) is 0.682. The summed E-state index contributed by atoms with van der Waals surface area (Å²) >= 11 is 0. The highest BCUT2D eigenvalue weighted by atomic mass is 16.5. The molecule has 0 amide bonds. The molecule has 0 spiro atoms. The Balaban J connectivity index is 1.81. The van der Waals surface area contributed by atoms with Gasteiger partial charge in [-0.2, -0.15) is 5.10 Å². The minimum atomic E-state index is -0.508. The number of nitrogens with two attached hydrogens (primary N) is 1. The van der Waals surface area contributed by atoms with E-state index in [1.165, 1.54) is 10.9 Å². The van der Waals surface area contributed by atoms with Crippen LogP contribution in [0.2, 0.25) is 0 Å².